The van der Waals surface area contributed by atoms with Crippen molar-refractivity contribution in [2.45, 2.75) is 65.2 Å². The average Bonchev–Trinajstić information content (AvgIpc) is 2.32. The van der Waals surface area contributed by atoms with Gasteiger partial charge in [-0.3, -0.25) is 0 Å². The molecule has 0 aliphatic rings. The molecule has 20 heavy (non-hydrogen) atoms. The Morgan fingerprint density at radius 3 is 2.40 bits per heavy atom. The van der Waals surface area contributed by atoms with Crippen LogP contribution in [-0.4, -0.2) is 34.8 Å². The van der Waals surface area contributed by atoms with E-state index >= 15 is 0 Å². The van der Waals surface area contributed by atoms with E-state index in [4.69, 9.17) is 16.3 Å². The van der Waals surface area contributed by atoms with Gasteiger partial charge in [-0.2, -0.15) is 0 Å². The minimum atomic E-state index is -0.719. The predicted molar refractivity (Wildman–Crippen MR) is 83.1 cm³/mol. The van der Waals surface area contributed by atoms with Crippen LogP contribution >= 0.6 is 11.6 Å². The number of carbonyl (C=O) groups is 1. The maximum Gasteiger partial charge on any atom is 0.407 e. The molecule has 0 bridgehead atoms. The van der Waals surface area contributed by atoms with E-state index < -0.39 is 17.8 Å². The zero-order valence-electron chi connectivity index (χ0n) is 13.2. The highest BCUT2D eigenvalue weighted by molar-refractivity contribution is 6.19. The van der Waals surface area contributed by atoms with Crippen LogP contribution < -0.4 is 5.32 Å². The lowest BCUT2D eigenvalue weighted by Crippen LogP contribution is -2.49. The Morgan fingerprint density at radius 1 is 1.45 bits per heavy atom. The summed E-state index contributed by atoms with van der Waals surface area (Å²) in [6.07, 6.45) is -0.0267. The second-order valence-corrected chi connectivity index (χ2v) is 6.48. The first-order valence-electron chi connectivity index (χ1n) is 7.00. The van der Waals surface area contributed by atoms with Gasteiger partial charge in [-0.05, 0) is 33.1 Å². The monoisotopic (exact) mass is 305 g/mol. The fourth-order valence-electron chi connectivity index (χ4n) is 1.79. The summed E-state index contributed by atoms with van der Waals surface area (Å²) in [6.45, 7) is 13.2. The largest absolute Gasteiger partial charge is 0.444 e. The van der Waals surface area contributed by atoms with Crippen molar-refractivity contribution in [1.82, 2.24) is 5.32 Å². The molecule has 1 amide bonds. The van der Waals surface area contributed by atoms with E-state index in [1.54, 1.807) is 20.8 Å². The van der Waals surface area contributed by atoms with Crippen molar-refractivity contribution in [2.75, 3.05) is 5.88 Å². The summed E-state index contributed by atoms with van der Waals surface area (Å²) < 4.78 is 5.23. The molecule has 2 N–H and O–H groups in total. The fraction of sp³-hybridized carbons (Fsp3) is 0.800. The van der Waals surface area contributed by atoms with E-state index in [1.807, 2.05) is 13.8 Å². The molecule has 0 saturated carbocycles. The molecule has 0 aromatic rings. The first-order valence-corrected chi connectivity index (χ1v) is 7.54. The molecule has 118 valence electrons. The van der Waals surface area contributed by atoms with Gasteiger partial charge in [0.15, 0.2) is 0 Å². The molecule has 0 unspecified atom stereocenters. The number of aliphatic hydroxyl groups excluding tert-OH is 1. The third kappa shape index (κ3) is 7.75. The molecule has 0 radical (unpaired) electrons. The second kappa shape index (κ2) is 8.53. The highest BCUT2D eigenvalue weighted by Gasteiger charge is 2.28. The molecule has 0 aliphatic heterocycles. The highest BCUT2D eigenvalue weighted by atomic mass is 35.5. The summed E-state index contributed by atoms with van der Waals surface area (Å²) in [5.41, 5.74) is 0.188. The predicted octanol–water partition coefficient (Wildman–Crippen LogP) is 3.47. The summed E-state index contributed by atoms with van der Waals surface area (Å²) in [4.78, 5) is 11.9. The van der Waals surface area contributed by atoms with Crippen LogP contribution in [0.2, 0.25) is 0 Å². The molecule has 4 nitrogen and oxygen atoms in total. The maximum atomic E-state index is 11.9. The van der Waals surface area contributed by atoms with Gasteiger partial charge in [-0.15, -0.1) is 11.6 Å². The number of rotatable bonds is 7. The van der Waals surface area contributed by atoms with Crippen LogP contribution in [-0.2, 0) is 4.74 Å². The molecule has 0 fully saturated rings. The number of hydrogen-bond acceptors (Lipinski definition) is 3. The third-order valence-corrected chi connectivity index (χ3v) is 3.42. The number of ether oxygens (including phenoxy) is 1. The van der Waals surface area contributed by atoms with E-state index in [1.165, 1.54) is 0 Å². The van der Waals surface area contributed by atoms with Crippen molar-refractivity contribution < 1.29 is 14.6 Å². The number of nitrogens with one attached hydrogen (secondary N) is 1. The molecule has 0 heterocycles. The Balaban J connectivity index is 4.72. The lowest BCUT2D eigenvalue weighted by Gasteiger charge is -2.30. The number of halogens is 1. The second-order valence-electron chi connectivity index (χ2n) is 6.21. The van der Waals surface area contributed by atoms with E-state index in [0.717, 1.165) is 12.0 Å². The maximum absolute atomic E-state index is 11.9. The lowest BCUT2D eigenvalue weighted by atomic mass is 9.91. The number of hydrogen-bond donors (Lipinski definition) is 2. The zero-order valence-corrected chi connectivity index (χ0v) is 14.0. The number of amides is 1. The number of aliphatic hydroxyl groups is 1. The molecule has 0 spiro atoms. The smallest absolute Gasteiger partial charge is 0.407 e. The van der Waals surface area contributed by atoms with Crippen molar-refractivity contribution in [3.05, 3.63) is 12.2 Å². The quantitative estimate of drug-likeness (QED) is 0.559. The Kier molecular flexibility index (Phi) is 8.21. The molecule has 0 aliphatic carbocycles. The van der Waals surface area contributed by atoms with E-state index in [0.29, 0.717) is 12.3 Å². The van der Waals surface area contributed by atoms with Crippen LogP contribution in [0.1, 0.15) is 47.5 Å². The SMILES string of the molecule is C=C(CCl)C[C@H](O)[C@@H](NC(=O)OC(C)(C)C)[C@@H](C)CC. The third-order valence-electron chi connectivity index (χ3n) is 3.04. The normalized spacial score (nSPS) is 16.1. The molecule has 5 heteroatoms. The van der Waals surface area contributed by atoms with Gasteiger partial charge in [0.2, 0.25) is 0 Å². The minimum Gasteiger partial charge on any atom is -0.444 e. The van der Waals surface area contributed by atoms with Crippen molar-refractivity contribution in [1.29, 1.82) is 0 Å². The average molecular weight is 306 g/mol. The van der Waals surface area contributed by atoms with Crippen molar-refractivity contribution in [2.24, 2.45) is 5.92 Å². The number of alkyl carbamates (subject to hydrolysis) is 1. The Labute approximate surface area is 127 Å². The first-order chi connectivity index (χ1) is 9.10. The van der Waals surface area contributed by atoms with Gasteiger partial charge in [0.1, 0.15) is 5.60 Å². The van der Waals surface area contributed by atoms with Crippen LogP contribution in [0.15, 0.2) is 12.2 Å². The first kappa shape index (κ1) is 19.3. The van der Waals surface area contributed by atoms with Gasteiger partial charge in [0.25, 0.3) is 0 Å². The van der Waals surface area contributed by atoms with Crippen molar-refractivity contribution >= 4 is 17.7 Å². The van der Waals surface area contributed by atoms with Gasteiger partial charge >= 0.3 is 6.09 Å². The van der Waals surface area contributed by atoms with Crippen LogP contribution in [0, 0.1) is 5.92 Å². The van der Waals surface area contributed by atoms with Crippen molar-refractivity contribution in [3.8, 4) is 0 Å². The van der Waals surface area contributed by atoms with E-state index in [2.05, 4.69) is 11.9 Å². The number of alkyl halides is 1. The molecule has 0 rings (SSSR count). The summed E-state index contributed by atoms with van der Waals surface area (Å²) >= 11 is 5.68. The van der Waals surface area contributed by atoms with E-state index in [-0.39, 0.29) is 12.0 Å². The van der Waals surface area contributed by atoms with Crippen molar-refractivity contribution in [3.63, 3.8) is 0 Å². The minimum absolute atomic E-state index is 0.126. The standard InChI is InChI=1S/C15H28ClNO3/c1-7-11(3)13(12(18)8-10(2)9-16)17-14(19)20-15(4,5)6/h11-13,18H,2,7-9H2,1,3-6H3,(H,17,19)/t11-,12-,13-/m0/s1. The van der Waals surface area contributed by atoms with Gasteiger partial charge in [-0.1, -0.05) is 32.4 Å². The van der Waals surface area contributed by atoms with Crippen LogP contribution in [0.4, 0.5) is 4.79 Å². The molecule has 3 atom stereocenters. The molecular formula is C15H28ClNO3. The lowest BCUT2D eigenvalue weighted by molar-refractivity contribution is 0.0364. The van der Waals surface area contributed by atoms with Gasteiger partial charge < -0.3 is 15.2 Å². The van der Waals surface area contributed by atoms with Gasteiger partial charge in [0.05, 0.1) is 12.1 Å². The Morgan fingerprint density at radius 2 is 2.00 bits per heavy atom. The summed E-state index contributed by atoms with van der Waals surface area (Å²) in [7, 11) is 0. The van der Waals surface area contributed by atoms with Crippen LogP contribution in [0.3, 0.4) is 0 Å². The van der Waals surface area contributed by atoms with Gasteiger partial charge in [-0.25, -0.2) is 4.79 Å². The molecule has 0 aromatic carbocycles. The summed E-state index contributed by atoms with van der Waals surface area (Å²) in [6, 6.07) is -0.380. The summed E-state index contributed by atoms with van der Waals surface area (Å²) in [5, 5.41) is 13.0. The van der Waals surface area contributed by atoms with E-state index in [9.17, 15) is 9.90 Å². The number of carbonyl (C=O) groups excluding carboxylic acids is 1. The highest BCUT2D eigenvalue weighted by Crippen LogP contribution is 2.18. The topological polar surface area (TPSA) is 58.6 Å². The molecule has 0 saturated heterocycles. The summed E-state index contributed by atoms with van der Waals surface area (Å²) in [5.74, 6) is 0.428. The van der Waals surface area contributed by atoms with Gasteiger partial charge in [0, 0.05) is 5.88 Å². The molecule has 0 aromatic heterocycles. The Bertz CT molecular complexity index is 326. The fourth-order valence-corrected chi connectivity index (χ4v) is 1.90. The molecular weight excluding hydrogens is 278 g/mol. The van der Waals surface area contributed by atoms with Crippen LogP contribution in [0.25, 0.3) is 0 Å². The van der Waals surface area contributed by atoms with Crippen LogP contribution in [0.5, 0.6) is 0 Å². The Hall–Kier alpha value is -0.740. The zero-order chi connectivity index (χ0) is 15.9.